The van der Waals surface area contributed by atoms with Crippen molar-refractivity contribution in [2.24, 2.45) is 0 Å². The van der Waals surface area contributed by atoms with Gasteiger partial charge in [-0.3, -0.25) is 0 Å². The lowest BCUT2D eigenvalue weighted by Gasteiger charge is -2.42. The summed E-state index contributed by atoms with van der Waals surface area (Å²) in [7, 11) is -1.12. The summed E-state index contributed by atoms with van der Waals surface area (Å²) in [6.07, 6.45) is 0. The van der Waals surface area contributed by atoms with Gasteiger partial charge in [-0.2, -0.15) is 0 Å². The fraction of sp³-hybridized carbons (Fsp3) is 0.538. The second-order valence-corrected chi connectivity index (χ2v) is 11.0. The van der Waals surface area contributed by atoms with Crippen LogP contribution in [0.2, 0.25) is 24.7 Å². The Labute approximate surface area is 110 Å². The quantitative estimate of drug-likeness (QED) is 0.760. The van der Waals surface area contributed by atoms with Crippen molar-refractivity contribution in [3.63, 3.8) is 0 Å². The highest BCUT2D eigenvalue weighted by molar-refractivity contribution is 6.73. The van der Waals surface area contributed by atoms with Gasteiger partial charge in [0.05, 0.1) is 0 Å². The first kappa shape index (κ1) is 12.9. The highest BCUT2D eigenvalue weighted by Gasteiger charge is 2.27. The van der Waals surface area contributed by atoms with E-state index in [1.807, 2.05) is 12.1 Å². The Morgan fingerprint density at radius 3 is 2.24 bits per heavy atom. The number of anilines is 1. The third kappa shape index (κ3) is 3.24. The van der Waals surface area contributed by atoms with Gasteiger partial charge in [-0.1, -0.05) is 37.3 Å². The van der Waals surface area contributed by atoms with Crippen LogP contribution in [0.4, 0.5) is 5.69 Å². The van der Waals surface area contributed by atoms with Crippen LogP contribution < -0.4 is 4.90 Å². The molecule has 0 saturated carbocycles. The monoisotopic (exact) mass is 268 g/mol. The molecule has 94 valence electrons. The fourth-order valence-corrected chi connectivity index (χ4v) is 4.03. The van der Waals surface area contributed by atoms with E-state index in [4.69, 9.17) is 11.6 Å². The van der Waals surface area contributed by atoms with Crippen LogP contribution in [-0.4, -0.2) is 39.0 Å². The average Bonchev–Trinajstić information content (AvgIpc) is 2.28. The summed E-state index contributed by atoms with van der Waals surface area (Å²) in [6, 6.07) is 8.17. The van der Waals surface area contributed by atoms with Crippen LogP contribution >= 0.6 is 11.6 Å². The van der Waals surface area contributed by atoms with Crippen molar-refractivity contribution in [2.75, 3.05) is 31.1 Å². The molecule has 1 aromatic rings. The molecule has 1 saturated heterocycles. The second-order valence-electron chi connectivity index (χ2n) is 5.62. The summed E-state index contributed by atoms with van der Waals surface area (Å²) >= 11 is 6.04. The van der Waals surface area contributed by atoms with E-state index in [0.717, 1.165) is 18.1 Å². The van der Waals surface area contributed by atoms with Gasteiger partial charge in [0.15, 0.2) is 0 Å². The number of nitrogens with zero attached hydrogens (tertiary/aromatic N) is 2. The van der Waals surface area contributed by atoms with Crippen LogP contribution in [0.3, 0.4) is 0 Å². The number of hydrogen-bond donors (Lipinski definition) is 0. The molecule has 1 aliphatic rings. The van der Waals surface area contributed by atoms with E-state index in [1.54, 1.807) is 0 Å². The third-order valence-corrected chi connectivity index (χ3v) is 5.98. The molecule has 1 fully saturated rings. The first-order valence-corrected chi connectivity index (χ1v) is 10.0. The van der Waals surface area contributed by atoms with Gasteiger partial charge in [-0.05, 0) is 18.2 Å². The molecule has 0 spiro atoms. The highest BCUT2D eigenvalue weighted by Crippen LogP contribution is 2.22. The molecule has 0 radical (unpaired) electrons. The van der Waals surface area contributed by atoms with Crippen molar-refractivity contribution < 1.29 is 0 Å². The summed E-state index contributed by atoms with van der Waals surface area (Å²) in [5.74, 6) is 0. The van der Waals surface area contributed by atoms with Gasteiger partial charge in [0.25, 0.3) is 0 Å². The lowest BCUT2D eigenvalue weighted by atomic mass is 10.2. The SMILES string of the molecule is C[Si](C)(C)N1CCN(c2cccc(Cl)c2)CC1. The van der Waals surface area contributed by atoms with E-state index in [1.165, 1.54) is 18.8 Å². The van der Waals surface area contributed by atoms with Gasteiger partial charge in [0.1, 0.15) is 8.24 Å². The van der Waals surface area contributed by atoms with Crippen molar-refractivity contribution in [2.45, 2.75) is 19.6 Å². The fourth-order valence-electron chi connectivity index (χ4n) is 2.31. The van der Waals surface area contributed by atoms with Crippen molar-refractivity contribution >= 4 is 25.5 Å². The Kier molecular flexibility index (Phi) is 3.81. The predicted molar refractivity (Wildman–Crippen MR) is 78.6 cm³/mol. The van der Waals surface area contributed by atoms with Crippen molar-refractivity contribution in [3.8, 4) is 0 Å². The number of piperazine rings is 1. The molecule has 2 nitrogen and oxygen atoms in total. The van der Waals surface area contributed by atoms with Crippen LogP contribution in [0.1, 0.15) is 0 Å². The molecular formula is C13H21ClN2Si. The van der Waals surface area contributed by atoms with E-state index in [-0.39, 0.29) is 0 Å². The number of benzene rings is 1. The summed E-state index contributed by atoms with van der Waals surface area (Å²) in [6.45, 7) is 11.9. The molecule has 0 bridgehead atoms. The zero-order chi connectivity index (χ0) is 12.5. The van der Waals surface area contributed by atoms with Crippen LogP contribution in [0, 0.1) is 0 Å². The maximum atomic E-state index is 6.04. The van der Waals surface area contributed by atoms with Gasteiger partial charge in [-0.25, -0.2) is 0 Å². The van der Waals surface area contributed by atoms with E-state index in [2.05, 4.69) is 41.2 Å². The molecule has 1 aliphatic heterocycles. The van der Waals surface area contributed by atoms with E-state index < -0.39 is 8.24 Å². The zero-order valence-electron chi connectivity index (χ0n) is 10.9. The molecule has 0 aromatic heterocycles. The zero-order valence-corrected chi connectivity index (χ0v) is 12.7. The molecule has 0 N–H and O–H groups in total. The molecule has 17 heavy (non-hydrogen) atoms. The summed E-state index contributed by atoms with van der Waals surface area (Å²) in [4.78, 5) is 2.43. The van der Waals surface area contributed by atoms with Gasteiger partial charge in [0.2, 0.25) is 0 Å². The van der Waals surface area contributed by atoms with Gasteiger partial charge in [-0.15, -0.1) is 0 Å². The van der Waals surface area contributed by atoms with E-state index in [0.29, 0.717) is 0 Å². The molecule has 0 unspecified atom stereocenters. The van der Waals surface area contributed by atoms with E-state index in [9.17, 15) is 0 Å². The predicted octanol–water partition coefficient (Wildman–Crippen LogP) is 3.30. The van der Waals surface area contributed by atoms with Crippen molar-refractivity contribution in [1.82, 2.24) is 4.57 Å². The maximum Gasteiger partial charge on any atom is 0.119 e. The normalized spacial score (nSPS) is 18.5. The molecule has 0 atom stereocenters. The minimum absolute atomic E-state index is 0.829. The van der Waals surface area contributed by atoms with Crippen LogP contribution in [-0.2, 0) is 0 Å². The molecular weight excluding hydrogens is 248 g/mol. The molecule has 1 heterocycles. The Bertz CT molecular complexity index is 381. The van der Waals surface area contributed by atoms with E-state index >= 15 is 0 Å². The van der Waals surface area contributed by atoms with Crippen molar-refractivity contribution in [1.29, 1.82) is 0 Å². The lowest BCUT2D eigenvalue weighted by molar-refractivity contribution is 0.389. The highest BCUT2D eigenvalue weighted by atomic mass is 35.5. The smallest absolute Gasteiger partial charge is 0.119 e. The molecule has 2 rings (SSSR count). The Hall–Kier alpha value is -0.513. The molecule has 4 heteroatoms. The summed E-state index contributed by atoms with van der Waals surface area (Å²) in [5.41, 5.74) is 1.26. The standard InChI is InChI=1S/C13H21ClN2Si/c1-17(2,3)16-9-7-15(8-10-16)13-6-4-5-12(14)11-13/h4-6,11H,7-10H2,1-3H3. The largest absolute Gasteiger partial charge is 0.369 e. The number of rotatable bonds is 2. The first-order chi connectivity index (χ1) is 7.97. The third-order valence-electron chi connectivity index (χ3n) is 3.40. The number of hydrogen-bond acceptors (Lipinski definition) is 2. The average molecular weight is 269 g/mol. The minimum atomic E-state index is -1.12. The molecule has 1 aromatic carbocycles. The Morgan fingerprint density at radius 1 is 1.06 bits per heavy atom. The number of halogens is 1. The lowest BCUT2D eigenvalue weighted by Crippen LogP contribution is -2.56. The topological polar surface area (TPSA) is 6.48 Å². The van der Waals surface area contributed by atoms with Gasteiger partial charge in [0, 0.05) is 36.9 Å². The second kappa shape index (κ2) is 5.00. The summed E-state index contributed by atoms with van der Waals surface area (Å²) in [5, 5.41) is 0.829. The van der Waals surface area contributed by atoms with Crippen LogP contribution in [0.25, 0.3) is 0 Å². The van der Waals surface area contributed by atoms with Crippen LogP contribution in [0.15, 0.2) is 24.3 Å². The van der Waals surface area contributed by atoms with Gasteiger partial charge >= 0.3 is 0 Å². The Balaban J connectivity index is 2.00. The maximum absolute atomic E-state index is 6.04. The van der Waals surface area contributed by atoms with Gasteiger partial charge < -0.3 is 9.47 Å². The summed E-state index contributed by atoms with van der Waals surface area (Å²) < 4.78 is 2.67. The van der Waals surface area contributed by atoms with Crippen molar-refractivity contribution in [3.05, 3.63) is 29.3 Å². The molecule has 0 amide bonds. The Morgan fingerprint density at radius 2 is 1.71 bits per heavy atom. The molecule has 0 aliphatic carbocycles. The van der Waals surface area contributed by atoms with Crippen LogP contribution in [0.5, 0.6) is 0 Å². The minimum Gasteiger partial charge on any atom is -0.369 e. The first-order valence-electron chi connectivity index (χ1n) is 6.22.